The number of aromatic hydroxyl groups is 1. The van der Waals surface area contributed by atoms with Gasteiger partial charge in [0.15, 0.2) is 15.8 Å². The minimum absolute atomic E-state index is 0.0258. The summed E-state index contributed by atoms with van der Waals surface area (Å²) in [7, 11) is 0. The highest BCUT2D eigenvalue weighted by atomic mass is 32.2. The Hall–Kier alpha value is -2.38. The maximum atomic E-state index is 14.0. The number of phenolic OH excluding ortho intramolecular Hbond substituents is 1. The van der Waals surface area contributed by atoms with Crippen molar-refractivity contribution >= 4 is 46.0 Å². The van der Waals surface area contributed by atoms with Crippen LogP contribution in [-0.4, -0.2) is 21.9 Å². The first-order valence-electron chi connectivity index (χ1n) is 7.49. The van der Waals surface area contributed by atoms with Gasteiger partial charge >= 0.3 is 0 Å². The first kappa shape index (κ1) is 17.4. The Morgan fingerprint density at radius 3 is 2.80 bits per heavy atom. The van der Waals surface area contributed by atoms with E-state index in [2.05, 4.69) is 0 Å². The lowest BCUT2D eigenvalue weighted by atomic mass is 10.2. The minimum Gasteiger partial charge on any atom is -0.504 e. The molecule has 0 aliphatic carbocycles. The quantitative estimate of drug-likeness (QED) is 0.636. The van der Waals surface area contributed by atoms with E-state index in [0.29, 0.717) is 22.8 Å². The summed E-state index contributed by atoms with van der Waals surface area (Å²) in [6, 6.07) is 10.8. The highest BCUT2D eigenvalue weighted by Gasteiger charge is 2.34. The van der Waals surface area contributed by atoms with Crippen molar-refractivity contribution in [3.8, 4) is 11.5 Å². The van der Waals surface area contributed by atoms with Crippen LogP contribution in [0.25, 0.3) is 6.08 Å². The van der Waals surface area contributed by atoms with Crippen molar-refractivity contribution in [1.82, 2.24) is 0 Å². The van der Waals surface area contributed by atoms with Gasteiger partial charge in [0.25, 0.3) is 5.91 Å². The fraction of sp³-hybridized carbons (Fsp3) is 0.111. The number of thiocarbonyl (C=S) groups is 1. The van der Waals surface area contributed by atoms with E-state index in [1.165, 1.54) is 23.1 Å². The summed E-state index contributed by atoms with van der Waals surface area (Å²) in [4.78, 5) is 14.2. The highest BCUT2D eigenvalue weighted by molar-refractivity contribution is 8.27. The minimum atomic E-state index is -0.511. The monoisotopic (exact) mass is 375 g/mol. The van der Waals surface area contributed by atoms with Crippen LogP contribution in [-0.2, 0) is 4.79 Å². The van der Waals surface area contributed by atoms with Crippen molar-refractivity contribution in [3.05, 3.63) is 58.8 Å². The molecule has 2 aromatic rings. The summed E-state index contributed by atoms with van der Waals surface area (Å²) in [6.45, 7) is 2.22. The fourth-order valence-corrected chi connectivity index (χ4v) is 3.64. The second kappa shape index (κ2) is 7.25. The van der Waals surface area contributed by atoms with Crippen LogP contribution in [0.3, 0.4) is 0 Å². The van der Waals surface area contributed by atoms with Crippen LogP contribution in [0.2, 0.25) is 0 Å². The second-order valence-corrected chi connectivity index (χ2v) is 6.80. The van der Waals surface area contributed by atoms with Crippen LogP contribution >= 0.6 is 24.0 Å². The number of anilines is 1. The predicted octanol–water partition coefficient (Wildman–Crippen LogP) is 4.34. The maximum Gasteiger partial charge on any atom is 0.270 e. The van der Waals surface area contributed by atoms with Gasteiger partial charge in [-0.05, 0) is 42.8 Å². The number of phenols is 1. The molecule has 0 radical (unpaired) electrons. The van der Waals surface area contributed by atoms with Crippen LogP contribution in [0.15, 0.2) is 47.4 Å². The number of halogens is 1. The van der Waals surface area contributed by atoms with Crippen molar-refractivity contribution in [2.75, 3.05) is 11.5 Å². The molecule has 1 amide bonds. The van der Waals surface area contributed by atoms with Crippen molar-refractivity contribution in [2.45, 2.75) is 6.92 Å². The third-order valence-corrected chi connectivity index (χ3v) is 4.77. The van der Waals surface area contributed by atoms with Gasteiger partial charge in [0.05, 0.1) is 17.2 Å². The number of para-hydroxylation sites is 1. The number of amides is 1. The zero-order chi connectivity index (χ0) is 18.0. The fourth-order valence-electron chi connectivity index (χ4n) is 2.35. The number of benzene rings is 2. The molecule has 0 spiro atoms. The molecule has 1 N–H and O–H groups in total. The van der Waals surface area contributed by atoms with Gasteiger partial charge in [0, 0.05) is 0 Å². The number of carbonyl (C=O) groups is 1. The van der Waals surface area contributed by atoms with Gasteiger partial charge in [-0.25, -0.2) is 4.39 Å². The van der Waals surface area contributed by atoms with E-state index in [0.717, 1.165) is 11.8 Å². The van der Waals surface area contributed by atoms with Gasteiger partial charge in [-0.3, -0.25) is 9.69 Å². The molecular formula is C18H14FNO3S2. The topological polar surface area (TPSA) is 49.8 Å². The average Bonchev–Trinajstić information content (AvgIpc) is 2.85. The molecule has 1 heterocycles. The normalized spacial score (nSPS) is 15.9. The maximum absolute atomic E-state index is 14.0. The van der Waals surface area contributed by atoms with Gasteiger partial charge in [-0.15, -0.1) is 0 Å². The molecule has 1 saturated heterocycles. The van der Waals surface area contributed by atoms with E-state index in [-0.39, 0.29) is 21.7 Å². The van der Waals surface area contributed by atoms with Gasteiger partial charge < -0.3 is 9.84 Å². The molecule has 3 rings (SSSR count). The molecule has 128 valence electrons. The van der Waals surface area contributed by atoms with Crippen LogP contribution in [0.4, 0.5) is 10.1 Å². The zero-order valence-corrected chi connectivity index (χ0v) is 14.9. The Kier molecular flexibility index (Phi) is 5.06. The summed E-state index contributed by atoms with van der Waals surface area (Å²) >= 11 is 6.34. The Morgan fingerprint density at radius 1 is 1.32 bits per heavy atom. The third kappa shape index (κ3) is 3.52. The summed E-state index contributed by atoms with van der Waals surface area (Å²) in [5.74, 6) is -0.534. The number of ether oxygens (including phenoxy) is 1. The number of rotatable bonds is 4. The van der Waals surface area contributed by atoms with E-state index in [1.807, 2.05) is 6.92 Å². The van der Waals surface area contributed by atoms with Crippen molar-refractivity contribution in [2.24, 2.45) is 0 Å². The molecule has 0 aromatic heterocycles. The van der Waals surface area contributed by atoms with E-state index < -0.39 is 5.82 Å². The molecular weight excluding hydrogens is 361 g/mol. The van der Waals surface area contributed by atoms with Gasteiger partial charge in [-0.2, -0.15) is 0 Å². The van der Waals surface area contributed by atoms with E-state index in [4.69, 9.17) is 17.0 Å². The predicted molar refractivity (Wildman–Crippen MR) is 101 cm³/mol. The van der Waals surface area contributed by atoms with Crippen LogP contribution in [0, 0.1) is 5.82 Å². The SMILES string of the molecule is CCOc1cc(/C=C2/SC(=S)N(c3ccccc3F)C2=O)ccc1O. The zero-order valence-electron chi connectivity index (χ0n) is 13.2. The van der Waals surface area contributed by atoms with Crippen LogP contribution < -0.4 is 9.64 Å². The summed E-state index contributed by atoms with van der Waals surface area (Å²) < 4.78 is 19.6. The lowest BCUT2D eigenvalue weighted by Gasteiger charge is -2.14. The van der Waals surface area contributed by atoms with Crippen LogP contribution in [0.1, 0.15) is 12.5 Å². The van der Waals surface area contributed by atoms with Crippen LogP contribution in [0.5, 0.6) is 11.5 Å². The molecule has 1 fully saturated rings. The molecule has 0 atom stereocenters. The number of carbonyl (C=O) groups excluding carboxylic acids is 1. The van der Waals surface area contributed by atoms with E-state index in [9.17, 15) is 14.3 Å². The lowest BCUT2D eigenvalue weighted by molar-refractivity contribution is -0.113. The number of hydrogen-bond donors (Lipinski definition) is 1. The number of nitrogens with zero attached hydrogens (tertiary/aromatic N) is 1. The third-order valence-electron chi connectivity index (χ3n) is 3.47. The van der Waals surface area contributed by atoms with E-state index in [1.54, 1.807) is 30.3 Å². The molecule has 4 nitrogen and oxygen atoms in total. The lowest BCUT2D eigenvalue weighted by Crippen LogP contribution is -2.28. The van der Waals surface area contributed by atoms with Crippen molar-refractivity contribution < 1.29 is 19.0 Å². The van der Waals surface area contributed by atoms with E-state index >= 15 is 0 Å². The number of hydrogen-bond acceptors (Lipinski definition) is 5. The Bertz CT molecular complexity index is 882. The highest BCUT2D eigenvalue weighted by Crippen LogP contribution is 2.37. The molecule has 2 aromatic carbocycles. The van der Waals surface area contributed by atoms with Gasteiger partial charge in [-0.1, -0.05) is 42.2 Å². The molecule has 25 heavy (non-hydrogen) atoms. The molecule has 0 bridgehead atoms. The molecule has 1 aliphatic rings. The Morgan fingerprint density at radius 2 is 2.08 bits per heavy atom. The summed E-state index contributed by atoms with van der Waals surface area (Å²) in [6.07, 6.45) is 1.64. The second-order valence-electron chi connectivity index (χ2n) is 5.13. The van der Waals surface area contributed by atoms with Gasteiger partial charge in [0.1, 0.15) is 5.82 Å². The summed E-state index contributed by atoms with van der Waals surface area (Å²) in [5.41, 5.74) is 0.810. The first-order valence-corrected chi connectivity index (χ1v) is 8.72. The smallest absolute Gasteiger partial charge is 0.270 e. The summed E-state index contributed by atoms with van der Waals surface area (Å²) in [5, 5.41) is 9.75. The van der Waals surface area contributed by atoms with Gasteiger partial charge in [0.2, 0.25) is 0 Å². The van der Waals surface area contributed by atoms with Crippen molar-refractivity contribution in [1.29, 1.82) is 0 Å². The molecule has 7 heteroatoms. The van der Waals surface area contributed by atoms with Crippen molar-refractivity contribution in [3.63, 3.8) is 0 Å². The largest absolute Gasteiger partial charge is 0.504 e. The molecule has 0 saturated carbocycles. The molecule has 1 aliphatic heterocycles. The standard InChI is InChI=1S/C18H14FNO3S2/c1-2-23-15-9-11(7-8-14(15)21)10-16-17(22)20(18(24)25-16)13-6-4-3-5-12(13)19/h3-10,21H,2H2,1H3/b16-10+. The first-order chi connectivity index (χ1) is 12.0. The average molecular weight is 375 g/mol. The Labute approximate surface area is 153 Å². The Balaban J connectivity index is 1.93. The number of thioether (sulfide) groups is 1. The molecule has 0 unspecified atom stereocenters.